The van der Waals surface area contributed by atoms with Crippen LogP contribution in [-0.2, 0) is 26.2 Å². The summed E-state index contributed by atoms with van der Waals surface area (Å²) in [5, 5.41) is 15.2. The molecule has 5 heavy (non-hydrogen) atoms. The average molecular weight is 153 g/mol. The molecule has 0 aromatic carbocycles. The van der Waals surface area contributed by atoms with Gasteiger partial charge in [0.2, 0.25) is 0 Å². The molecule has 0 amide bonds. The summed E-state index contributed by atoms with van der Waals surface area (Å²) < 4.78 is 0. The molecule has 0 aromatic rings. The van der Waals surface area contributed by atoms with Crippen molar-refractivity contribution in [2.75, 3.05) is 13.2 Å². The van der Waals surface area contributed by atoms with Crippen molar-refractivity contribution >= 4 is 0 Å². The van der Waals surface area contributed by atoms with Gasteiger partial charge in [-0.15, -0.1) is 0 Å². The third kappa shape index (κ3) is 11.6. The first-order valence-electron chi connectivity index (χ1n) is 1.13. The number of aliphatic hydroxyl groups excluding tert-OH is 2. The van der Waals surface area contributed by atoms with Crippen molar-refractivity contribution in [2.24, 2.45) is 0 Å². The smallest absolute Gasteiger partial charge is 0.0662 e. The van der Waals surface area contributed by atoms with Gasteiger partial charge in [0.15, 0.2) is 0 Å². The van der Waals surface area contributed by atoms with Gasteiger partial charge in [-0.05, 0) is 0 Å². The first-order valence-corrected chi connectivity index (χ1v) is 1.13. The van der Waals surface area contributed by atoms with Crippen molar-refractivity contribution in [2.45, 2.75) is 0 Å². The van der Waals surface area contributed by atoms with Gasteiger partial charge in [-0.3, -0.25) is 0 Å². The minimum absolute atomic E-state index is 0. The zero-order chi connectivity index (χ0) is 3.41. The molecule has 0 aliphatic heterocycles. The van der Waals surface area contributed by atoms with E-state index >= 15 is 0 Å². The average Bonchev–Trinajstić information content (AvgIpc) is 1.37. The molecule has 0 atom stereocenters. The molecule has 0 radical (unpaired) electrons. The summed E-state index contributed by atoms with van der Waals surface area (Å²) in [4.78, 5) is 0. The van der Waals surface area contributed by atoms with Gasteiger partial charge in [0, 0.05) is 26.2 Å². The summed E-state index contributed by atoms with van der Waals surface area (Å²) in [6.45, 7) is -0.250. The van der Waals surface area contributed by atoms with Gasteiger partial charge in [-0.2, -0.15) is 0 Å². The van der Waals surface area contributed by atoms with Gasteiger partial charge in [-0.1, -0.05) is 0 Å². The molecule has 0 saturated carbocycles. The van der Waals surface area contributed by atoms with Gasteiger partial charge in [0.1, 0.15) is 0 Å². The maximum atomic E-state index is 7.62. The summed E-state index contributed by atoms with van der Waals surface area (Å²) in [7, 11) is 0. The Morgan fingerprint density at radius 2 is 1.20 bits per heavy atom. The van der Waals surface area contributed by atoms with Crippen LogP contribution in [0, 0.1) is 0 Å². The van der Waals surface area contributed by atoms with E-state index in [2.05, 4.69) is 0 Å². The van der Waals surface area contributed by atoms with E-state index < -0.39 is 0 Å². The van der Waals surface area contributed by atoms with Crippen molar-refractivity contribution in [3.05, 3.63) is 0 Å². The maximum absolute atomic E-state index is 7.62. The molecule has 0 aromatic heterocycles. The summed E-state index contributed by atoms with van der Waals surface area (Å²) >= 11 is 0. The zero-order valence-electron chi connectivity index (χ0n) is 2.81. The fraction of sp³-hybridized carbons (Fsp3) is 1.00. The van der Waals surface area contributed by atoms with Crippen molar-refractivity contribution in [1.29, 1.82) is 0 Å². The number of rotatable bonds is 1. The predicted molar refractivity (Wildman–Crippen MR) is 14.2 cm³/mol. The Hall–Kier alpha value is 0.803. The van der Waals surface area contributed by atoms with Gasteiger partial charge in [0.05, 0.1) is 13.2 Å². The normalized spacial score (nSPS) is 6.00. The fourth-order valence-corrected chi connectivity index (χ4v) is 0. The summed E-state index contributed by atoms with van der Waals surface area (Å²) in [6, 6.07) is 0. The number of hydrogen-bond donors (Lipinski definition) is 2. The molecule has 3 heteroatoms. The molecular weight excluding hydrogens is 147 g/mol. The Labute approximate surface area is 49.9 Å². The van der Waals surface area contributed by atoms with E-state index in [0.29, 0.717) is 0 Å². The monoisotopic (exact) mass is 152 g/mol. The Morgan fingerprint density at radius 3 is 1.20 bits per heavy atom. The van der Waals surface area contributed by atoms with Crippen LogP contribution in [0.3, 0.4) is 0 Å². The molecule has 2 nitrogen and oxygen atoms in total. The molecule has 0 unspecified atom stereocenters. The van der Waals surface area contributed by atoms with E-state index in [1.54, 1.807) is 0 Å². The van der Waals surface area contributed by atoms with Gasteiger partial charge >= 0.3 is 0 Å². The molecule has 0 rings (SSSR count). The second-order valence-corrected chi connectivity index (χ2v) is 0.447. The van der Waals surface area contributed by atoms with Crippen LogP contribution in [0.15, 0.2) is 0 Å². The Morgan fingerprint density at radius 1 is 1.00 bits per heavy atom. The molecule has 0 bridgehead atoms. The van der Waals surface area contributed by atoms with E-state index in [1.807, 2.05) is 0 Å². The molecule has 0 aliphatic carbocycles. The minimum Gasteiger partial charge on any atom is -0.394 e. The van der Waals surface area contributed by atoms with E-state index in [0.717, 1.165) is 0 Å². The quantitative estimate of drug-likeness (QED) is 0.506. The second-order valence-electron chi connectivity index (χ2n) is 0.447. The van der Waals surface area contributed by atoms with E-state index in [1.165, 1.54) is 0 Å². The van der Waals surface area contributed by atoms with E-state index in [-0.39, 0.29) is 39.4 Å². The Balaban J connectivity index is 0. The molecule has 0 aliphatic rings. The van der Waals surface area contributed by atoms with Crippen molar-refractivity contribution in [3.8, 4) is 0 Å². The SMILES string of the molecule is OCCO.[Zr]. The molecule has 0 spiro atoms. The summed E-state index contributed by atoms with van der Waals surface area (Å²) in [6.07, 6.45) is 0. The minimum atomic E-state index is -0.125. The standard InChI is InChI=1S/C2H6O2.Zr/c3-1-2-4;/h3-4H,1-2H2;. The van der Waals surface area contributed by atoms with Gasteiger partial charge in [0.25, 0.3) is 0 Å². The van der Waals surface area contributed by atoms with Crippen LogP contribution in [-0.4, -0.2) is 23.4 Å². The Kier molecular flexibility index (Phi) is 16.4. The number of hydrogen-bond acceptors (Lipinski definition) is 2. The summed E-state index contributed by atoms with van der Waals surface area (Å²) in [5.41, 5.74) is 0. The first-order chi connectivity index (χ1) is 1.91. The van der Waals surface area contributed by atoms with Crippen molar-refractivity contribution in [3.63, 3.8) is 0 Å². The largest absolute Gasteiger partial charge is 0.394 e. The number of aliphatic hydroxyl groups is 2. The topological polar surface area (TPSA) is 40.5 Å². The van der Waals surface area contributed by atoms with Crippen LogP contribution in [0.5, 0.6) is 0 Å². The molecule has 30 valence electrons. The molecule has 0 saturated heterocycles. The molecular formula is C2H6O2Zr. The van der Waals surface area contributed by atoms with Crippen LogP contribution in [0.1, 0.15) is 0 Å². The third-order valence-electron chi connectivity index (χ3n) is 0.1000. The predicted octanol–water partition coefficient (Wildman–Crippen LogP) is -1.03. The van der Waals surface area contributed by atoms with Gasteiger partial charge < -0.3 is 10.2 Å². The van der Waals surface area contributed by atoms with E-state index in [4.69, 9.17) is 10.2 Å². The van der Waals surface area contributed by atoms with Crippen LogP contribution in [0.25, 0.3) is 0 Å². The zero-order valence-corrected chi connectivity index (χ0v) is 5.27. The molecule has 0 heterocycles. The van der Waals surface area contributed by atoms with Crippen LogP contribution < -0.4 is 0 Å². The second kappa shape index (κ2) is 8.84. The summed E-state index contributed by atoms with van der Waals surface area (Å²) in [5.74, 6) is 0. The van der Waals surface area contributed by atoms with Gasteiger partial charge in [-0.25, -0.2) is 0 Å². The molecule has 0 fully saturated rings. The third-order valence-corrected chi connectivity index (χ3v) is 0.1000. The Bertz CT molecular complexity index is 9.61. The maximum Gasteiger partial charge on any atom is 0.0662 e. The van der Waals surface area contributed by atoms with Crippen LogP contribution >= 0.6 is 0 Å². The van der Waals surface area contributed by atoms with Crippen LogP contribution in [0.2, 0.25) is 0 Å². The van der Waals surface area contributed by atoms with Crippen LogP contribution in [0.4, 0.5) is 0 Å². The van der Waals surface area contributed by atoms with Crippen molar-refractivity contribution < 1.29 is 36.4 Å². The van der Waals surface area contributed by atoms with E-state index in [9.17, 15) is 0 Å². The van der Waals surface area contributed by atoms with Crippen molar-refractivity contribution in [1.82, 2.24) is 0 Å². The first kappa shape index (κ1) is 9.26. The molecule has 2 N–H and O–H groups in total. The fourth-order valence-electron chi connectivity index (χ4n) is 0.